The van der Waals surface area contributed by atoms with Gasteiger partial charge in [0.05, 0.1) is 36.9 Å². The average molecular weight is 675 g/mol. The van der Waals surface area contributed by atoms with Crippen LogP contribution in [0.15, 0.2) is 48.7 Å². The number of hydrogen-bond acceptors (Lipinski definition) is 7. The van der Waals surface area contributed by atoms with Crippen molar-refractivity contribution in [3.05, 3.63) is 65.4 Å². The number of rotatable bonds is 10. The molecule has 0 spiro atoms. The zero-order valence-corrected chi connectivity index (χ0v) is 23.8. The molecule has 0 saturated carbocycles. The largest absolute Gasteiger partial charge is 0.495 e. The number of ether oxygens (including phenoxy) is 1. The Morgan fingerprint density at radius 1 is 0.911 bits per heavy atom. The smallest absolute Gasteiger partial charge is 0.421 e. The van der Waals surface area contributed by atoms with Crippen molar-refractivity contribution in [2.45, 2.75) is 36.5 Å². The molecular formula is C25H23F9N5O5P. The molecule has 10 nitrogen and oxygen atoms in total. The Morgan fingerprint density at radius 2 is 1.51 bits per heavy atom. The highest BCUT2D eigenvalue weighted by atomic mass is 31.2. The first-order valence-corrected chi connectivity index (χ1v) is 13.9. The number of aromatic nitrogens is 2. The highest BCUT2D eigenvalue weighted by molar-refractivity contribution is 7.53. The number of anilines is 4. The molecular weight excluding hydrogens is 652 g/mol. The maximum atomic E-state index is 13.8. The van der Waals surface area contributed by atoms with Gasteiger partial charge in [0.15, 0.2) is 0 Å². The van der Waals surface area contributed by atoms with Crippen LogP contribution in [0.4, 0.5) is 62.7 Å². The minimum atomic E-state index is -6.19. The summed E-state index contributed by atoms with van der Waals surface area (Å²) in [5.74, 6) is -2.63. The zero-order chi connectivity index (χ0) is 34.0. The van der Waals surface area contributed by atoms with Crippen LogP contribution in [0.3, 0.4) is 0 Å². The molecule has 5 N–H and O–H groups in total. The lowest BCUT2D eigenvalue weighted by molar-refractivity contribution is -0.171. The molecule has 2 aromatic carbocycles. The summed E-state index contributed by atoms with van der Waals surface area (Å²) in [6, 6.07) is 7.37. The van der Waals surface area contributed by atoms with Crippen molar-refractivity contribution in [2.75, 3.05) is 24.8 Å². The molecule has 0 aliphatic carbocycles. The molecule has 0 aliphatic heterocycles. The highest BCUT2D eigenvalue weighted by Gasteiger charge is 2.59. The van der Waals surface area contributed by atoms with Crippen LogP contribution in [-0.4, -0.2) is 52.2 Å². The van der Waals surface area contributed by atoms with Gasteiger partial charge in [-0.15, -0.1) is 0 Å². The van der Waals surface area contributed by atoms with E-state index in [1.165, 1.54) is 31.3 Å². The van der Waals surface area contributed by atoms with Gasteiger partial charge < -0.3 is 30.5 Å². The monoisotopic (exact) mass is 675 g/mol. The van der Waals surface area contributed by atoms with Crippen molar-refractivity contribution < 1.29 is 63.4 Å². The number of amides is 1. The van der Waals surface area contributed by atoms with Crippen molar-refractivity contribution in [1.82, 2.24) is 15.3 Å². The van der Waals surface area contributed by atoms with Crippen LogP contribution in [0.5, 0.6) is 5.75 Å². The predicted molar refractivity (Wildman–Crippen MR) is 141 cm³/mol. The Labute approximate surface area is 248 Å². The van der Waals surface area contributed by atoms with Gasteiger partial charge in [-0.25, -0.2) is 4.98 Å². The van der Waals surface area contributed by atoms with Crippen molar-refractivity contribution in [1.29, 1.82) is 0 Å². The van der Waals surface area contributed by atoms with E-state index >= 15 is 0 Å². The SMILES string of the molecule is CNC(=O)c1ccccc1Nc1nc(Nc2ccc(C(CC(F)(F)F)(CC(F)(F)F)P(=O)(O)O)cc2OC)ncc1C(F)(F)F. The molecule has 45 heavy (non-hydrogen) atoms. The minimum Gasteiger partial charge on any atom is -0.495 e. The Morgan fingerprint density at radius 3 is 2.02 bits per heavy atom. The van der Waals surface area contributed by atoms with Crippen molar-refractivity contribution >= 4 is 36.6 Å². The van der Waals surface area contributed by atoms with Gasteiger partial charge in [0.25, 0.3) is 5.91 Å². The molecule has 0 radical (unpaired) electrons. The molecule has 3 aromatic rings. The number of carbonyl (C=O) groups is 1. The van der Waals surface area contributed by atoms with E-state index in [9.17, 15) is 58.7 Å². The summed E-state index contributed by atoms with van der Waals surface area (Å²) in [7, 11) is -3.98. The van der Waals surface area contributed by atoms with Gasteiger partial charge in [0, 0.05) is 13.2 Å². The first-order chi connectivity index (χ1) is 20.6. The summed E-state index contributed by atoms with van der Waals surface area (Å²) in [5.41, 5.74) is -2.89. The van der Waals surface area contributed by atoms with Crippen LogP contribution in [-0.2, 0) is 15.9 Å². The second-order valence-corrected chi connectivity index (χ2v) is 11.3. The van der Waals surface area contributed by atoms with E-state index in [0.29, 0.717) is 18.3 Å². The van der Waals surface area contributed by atoms with E-state index in [1.807, 2.05) is 0 Å². The number of halogens is 9. The molecule has 0 bridgehead atoms. The molecule has 0 atom stereocenters. The number of nitrogens with zero attached hydrogens (tertiary/aromatic N) is 2. The summed E-state index contributed by atoms with van der Waals surface area (Å²) in [6.45, 7) is 0. The summed E-state index contributed by atoms with van der Waals surface area (Å²) < 4.78 is 139. The minimum absolute atomic E-state index is 0.0512. The molecule has 0 fully saturated rings. The molecule has 20 heteroatoms. The maximum Gasteiger partial charge on any atom is 0.421 e. The van der Waals surface area contributed by atoms with Gasteiger partial charge in [0.1, 0.15) is 22.3 Å². The Bertz CT molecular complexity index is 1580. The van der Waals surface area contributed by atoms with Crippen molar-refractivity contribution in [3.8, 4) is 5.75 Å². The van der Waals surface area contributed by atoms with Gasteiger partial charge in [-0.2, -0.15) is 44.5 Å². The van der Waals surface area contributed by atoms with Gasteiger partial charge in [-0.1, -0.05) is 18.2 Å². The van der Waals surface area contributed by atoms with Crippen LogP contribution in [0.2, 0.25) is 0 Å². The Kier molecular flexibility index (Phi) is 10.0. The topological polar surface area (TPSA) is 146 Å². The molecule has 0 aliphatic rings. The summed E-state index contributed by atoms with van der Waals surface area (Å²) in [4.78, 5) is 39.1. The molecule has 0 saturated heterocycles. The molecule has 1 aromatic heterocycles. The van der Waals surface area contributed by atoms with Crippen LogP contribution >= 0.6 is 7.60 Å². The van der Waals surface area contributed by atoms with Crippen molar-refractivity contribution in [3.63, 3.8) is 0 Å². The van der Waals surface area contributed by atoms with E-state index in [2.05, 4.69) is 25.9 Å². The second-order valence-electron chi connectivity index (χ2n) is 9.40. The molecule has 0 unspecified atom stereocenters. The fourth-order valence-corrected chi connectivity index (χ4v) is 5.55. The number of carbonyl (C=O) groups excluding carboxylic acids is 1. The molecule has 1 heterocycles. The standard InChI is InChI=1S/C25H23F9N5O5P/c1-35-20(40)14-5-3-4-6-16(14)37-19-15(25(32,33)34)10-36-21(39-19)38-17-8-7-13(9-18(17)44-2)22(45(41,42)43,11-23(26,27)28)12-24(29,30)31/h3-10H,11-12H2,1-2H3,(H,35,40)(H2,41,42,43)(H2,36,37,38,39). The summed E-state index contributed by atoms with van der Waals surface area (Å²) in [5, 5.41) is 3.35. The Hall–Kier alpha value is -4.09. The van der Waals surface area contributed by atoms with Crippen LogP contribution in [0.1, 0.15) is 34.3 Å². The quantitative estimate of drug-likeness (QED) is 0.118. The number of para-hydroxylation sites is 1. The first kappa shape index (κ1) is 35.4. The van der Waals surface area contributed by atoms with Crippen LogP contribution < -0.4 is 20.7 Å². The fourth-order valence-electron chi connectivity index (χ4n) is 4.31. The van der Waals surface area contributed by atoms with Gasteiger partial charge in [-0.3, -0.25) is 9.36 Å². The molecule has 246 valence electrons. The fraction of sp³-hybridized carbons (Fsp3) is 0.320. The Balaban J connectivity index is 2.12. The molecule has 1 amide bonds. The predicted octanol–water partition coefficient (Wildman–Crippen LogP) is 6.63. The van der Waals surface area contributed by atoms with Crippen molar-refractivity contribution in [2.24, 2.45) is 0 Å². The van der Waals surface area contributed by atoms with Crippen LogP contribution in [0.25, 0.3) is 0 Å². The normalized spacial score (nSPS) is 12.9. The number of alkyl halides is 9. The van der Waals surface area contributed by atoms with E-state index in [-0.39, 0.29) is 16.9 Å². The third-order valence-corrected chi connectivity index (χ3v) is 7.96. The van der Waals surface area contributed by atoms with Gasteiger partial charge in [0.2, 0.25) is 5.95 Å². The summed E-state index contributed by atoms with van der Waals surface area (Å²) in [6.07, 6.45) is -20.6. The third kappa shape index (κ3) is 8.55. The zero-order valence-electron chi connectivity index (χ0n) is 22.9. The van der Waals surface area contributed by atoms with E-state index in [4.69, 9.17) is 4.74 Å². The lowest BCUT2D eigenvalue weighted by Gasteiger charge is -2.36. The van der Waals surface area contributed by atoms with Crippen LogP contribution in [0, 0.1) is 0 Å². The van der Waals surface area contributed by atoms with E-state index in [1.54, 1.807) is 0 Å². The molecule has 3 rings (SSSR count). The number of methoxy groups -OCH3 is 1. The third-order valence-electron chi connectivity index (χ3n) is 6.27. The lowest BCUT2D eigenvalue weighted by Crippen LogP contribution is -2.37. The number of nitrogens with one attached hydrogen (secondary N) is 3. The average Bonchev–Trinajstić information content (AvgIpc) is 2.90. The summed E-state index contributed by atoms with van der Waals surface area (Å²) >= 11 is 0. The van der Waals surface area contributed by atoms with Gasteiger partial charge in [-0.05, 0) is 29.8 Å². The van der Waals surface area contributed by atoms with E-state index < -0.39 is 78.7 Å². The number of benzene rings is 2. The lowest BCUT2D eigenvalue weighted by atomic mass is 9.90. The number of hydrogen-bond donors (Lipinski definition) is 5. The maximum absolute atomic E-state index is 13.8. The highest BCUT2D eigenvalue weighted by Crippen LogP contribution is 2.65. The second kappa shape index (κ2) is 12.7. The van der Waals surface area contributed by atoms with Gasteiger partial charge >= 0.3 is 26.1 Å². The van der Waals surface area contributed by atoms with E-state index in [0.717, 1.165) is 13.2 Å². The first-order valence-electron chi connectivity index (χ1n) is 12.3.